The van der Waals surface area contributed by atoms with Crippen molar-refractivity contribution in [3.05, 3.63) is 34.1 Å². The van der Waals surface area contributed by atoms with Gasteiger partial charge in [-0.15, -0.1) is 11.3 Å². The summed E-state index contributed by atoms with van der Waals surface area (Å²) in [6, 6.07) is 1.94. The van der Waals surface area contributed by atoms with E-state index in [2.05, 4.69) is 29.3 Å². The average Bonchev–Trinajstić information content (AvgIpc) is 3.16. The van der Waals surface area contributed by atoms with Crippen LogP contribution in [0, 0.1) is 0 Å². The third kappa shape index (κ3) is 4.67. The Bertz CT molecular complexity index is 547. The molecule has 0 radical (unpaired) electrons. The van der Waals surface area contributed by atoms with E-state index in [4.69, 9.17) is 4.52 Å². The second kappa shape index (κ2) is 7.93. The van der Waals surface area contributed by atoms with E-state index in [0.29, 0.717) is 31.1 Å². The number of aromatic nitrogens is 2. The van der Waals surface area contributed by atoms with Crippen molar-refractivity contribution in [3.63, 3.8) is 0 Å². The minimum atomic E-state index is 0.00323. The van der Waals surface area contributed by atoms with Crippen molar-refractivity contribution >= 4 is 17.2 Å². The van der Waals surface area contributed by atoms with Gasteiger partial charge in [0.15, 0.2) is 5.76 Å². The van der Waals surface area contributed by atoms with Gasteiger partial charge in [0.05, 0.1) is 23.4 Å². The molecule has 0 saturated heterocycles. The van der Waals surface area contributed by atoms with Gasteiger partial charge in [-0.05, 0) is 19.3 Å². The zero-order chi connectivity index (χ0) is 15.1. The van der Waals surface area contributed by atoms with Crippen LogP contribution >= 0.6 is 11.3 Å². The Hall–Kier alpha value is -1.69. The largest absolute Gasteiger partial charge is 0.359 e. The number of nitrogens with zero attached hydrogens (tertiary/aromatic N) is 2. The van der Waals surface area contributed by atoms with E-state index in [-0.39, 0.29) is 5.91 Å². The van der Waals surface area contributed by atoms with Gasteiger partial charge in [0, 0.05) is 23.8 Å². The van der Waals surface area contributed by atoms with Crippen molar-refractivity contribution in [2.45, 2.75) is 52.0 Å². The fourth-order valence-electron chi connectivity index (χ4n) is 2.19. The van der Waals surface area contributed by atoms with Crippen molar-refractivity contribution in [2.75, 3.05) is 0 Å². The Balaban J connectivity index is 1.76. The molecule has 0 fully saturated rings. The van der Waals surface area contributed by atoms with Gasteiger partial charge in [0.2, 0.25) is 5.91 Å². The smallest absolute Gasteiger partial charge is 0.220 e. The maximum atomic E-state index is 11.8. The van der Waals surface area contributed by atoms with Crippen LogP contribution in [0.2, 0.25) is 0 Å². The molecule has 2 aromatic rings. The number of thiazole rings is 1. The van der Waals surface area contributed by atoms with Crippen molar-refractivity contribution in [1.82, 2.24) is 15.5 Å². The van der Waals surface area contributed by atoms with Crippen molar-refractivity contribution in [1.29, 1.82) is 0 Å². The van der Waals surface area contributed by atoms with Crippen LogP contribution in [-0.4, -0.2) is 16.0 Å². The van der Waals surface area contributed by atoms with E-state index in [1.54, 1.807) is 16.8 Å². The summed E-state index contributed by atoms with van der Waals surface area (Å²) in [7, 11) is 0. The first-order chi connectivity index (χ1) is 10.2. The SMILES string of the molecule is CCC(CC)c1cc(CNC(=O)CCc2cscn2)on1. The quantitative estimate of drug-likeness (QED) is 0.812. The van der Waals surface area contributed by atoms with Crippen molar-refractivity contribution in [3.8, 4) is 0 Å². The molecular weight excluding hydrogens is 286 g/mol. The lowest BCUT2D eigenvalue weighted by Crippen LogP contribution is -2.22. The zero-order valence-electron chi connectivity index (χ0n) is 12.5. The van der Waals surface area contributed by atoms with Crippen LogP contribution < -0.4 is 5.32 Å². The number of nitrogens with one attached hydrogen (secondary N) is 1. The number of rotatable bonds is 8. The van der Waals surface area contributed by atoms with Gasteiger partial charge in [-0.25, -0.2) is 4.98 Å². The van der Waals surface area contributed by atoms with E-state index < -0.39 is 0 Å². The fourth-order valence-corrected chi connectivity index (χ4v) is 2.78. The Morgan fingerprint density at radius 3 is 2.90 bits per heavy atom. The van der Waals surface area contributed by atoms with Gasteiger partial charge in [-0.3, -0.25) is 4.79 Å². The van der Waals surface area contributed by atoms with Gasteiger partial charge in [-0.1, -0.05) is 19.0 Å². The van der Waals surface area contributed by atoms with Crippen LogP contribution in [0.15, 0.2) is 21.5 Å². The first-order valence-corrected chi connectivity index (χ1v) is 8.26. The number of aryl methyl sites for hydroxylation is 1. The Labute approximate surface area is 128 Å². The first kappa shape index (κ1) is 15.7. The topological polar surface area (TPSA) is 68.0 Å². The fraction of sp³-hybridized carbons (Fsp3) is 0.533. The zero-order valence-corrected chi connectivity index (χ0v) is 13.3. The second-order valence-electron chi connectivity index (χ2n) is 4.99. The normalized spacial score (nSPS) is 11.0. The predicted molar refractivity (Wildman–Crippen MR) is 82.1 cm³/mol. The minimum Gasteiger partial charge on any atom is -0.359 e. The molecule has 2 rings (SSSR count). The van der Waals surface area contributed by atoms with Crippen LogP contribution in [0.25, 0.3) is 0 Å². The third-order valence-corrected chi connectivity index (χ3v) is 4.17. The summed E-state index contributed by atoms with van der Waals surface area (Å²) in [5, 5.41) is 8.90. The summed E-state index contributed by atoms with van der Waals surface area (Å²) in [6.07, 6.45) is 3.20. The third-order valence-electron chi connectivity index (χ3n) is 3.53. The average molecular weight is 307 g/mol. The molecule has 2 heterocycles. The molecule has 0 aromatic carbocycles. The number of carbonyl (C=O) groups excluding carboxylic acids is 1. The van der Waals surface area contributed by atoms with Crippen molar-refractivity contribution in [2.24, 2.45) is 0 Å². The minimum absolute atomic E-state index is 0.00323. The highest BCUT2D eigenvalue weighted by Gasteiger charge is 2.13. The maximum Gasteiger partial charge on any atom is 0.220 e. The summed E-state index contributed by atoms with van der Waals surface area (Å²) in [6.45, 7) is 4.68. The summed E-state index contributed by atoms with van der Waals surface area (Å²) >= 11 is 1.55. The van der Waals surface area contributed by atoms with Gasteiger partial charge in [-0.2, -0.15) is 0 Å². The van der Waals surface area contributed by atoms with E-state index in [0.717, 1.165) is 24.2 Å². The van der Waals surface area contributed by atoms with Gasteiger partial charge in [0.25, 0.3) is 0 Å². The Kier molecular flexibility index (Phi) is 5.92. The molecular formula is C15H21N3O2S. The Morgan fingerprint density at radius 1 is 1.43 bits per heavy atom. The van der Waals surface area contributed by atoms with Gasteiger partial charge < -0.3 is 9.84 Å². The summed E-state index contributed by atoms with van der Waals surface area (Å²) in [4.78, 5) is 15.9. The van der Waals surface area contributed by atoms with Crippen LogP contribution in [-0.2, 0) is 17.8 Å². The predicted octanol–water partition coefficient (Wildman–Crippen LogP) is 3.28. The summed E-state index contributed by atoms with van der Waals surface area (Å²) < 4.78 is 5.27. The molecule has 1 amide bonds. The highest BCUT2D eigenvalue weighted by Crippen LogP contribution is 2.22. The number of carbonyl (C=O) groups is 1. The summed E-state index contributed by atoms with van der Waals surface area (Å²) in [5.41, 5.74) is 3.72. The number of hydrogen-bond acceptors (Lipinski definition) is 5. The molecule has 5 nitrogen and oxygen atoms in total. The highest BCUT2D eigenvalue weighted by molar-refractivity contribution is 7.07. The second-order valence-corrected chi connectivity index (χ2v) is 5.71. The van der Waals surface area contributed by atoms with E-state index in [1.165, 1.54) is 0 Å². The molecule has 0 aliphatic carbocycles. The molecule has 0 bridgehead atoms. The highest BCUT2D eigenvalue weighted by atomic mass is 32.1. The van der Waals surface area contributed by atoms with Crippen LogP contribution in [0.3, 0.4) is 0 Å². The van der Waals surface area contributed by atoms with E-state index >= 15 is 0 Å². The standard InChI is InChI=1S/C15H21N3O2S/c1-3-11(4-2)14-7-13(20-18-14)8-16-15(19)6-5-12-9-21-10-17-12/h7,9-11H,3-6,8H2,1-2H3,(H,16,19). The van der Waals surface area contributed by atoms with E-state index in [9.17, 15) is 4.79 Å². The molecule has 0 unspecified atom stereocenters. The molecule has 0 aliphatic heterocycles. The van der Waals surface area contributed by atoms with Crippen LogP contribution in [0.1, 0.15) is 56.2 Å². The van der Waals surface area contributed by atoms with Crippen LogP contribution in [0.4, 0.5) is 0 Å². The number of hydrogen-bond donors (Lipinski definition) is 1. The lowest BCUT2D eigenvalue weighted by Gasteiger charge is -2.06. The molecule has 6 heteroatoms. The Morgan fingerprint density at radius 2 is 2.24 bits per heavy atom. The maximum absolute atomic E-state index is 11.8. The molecule has 0 spiro atoms. The monoisotopic (exact) mass is 307 g/mol. The van der Waals surface area contributed by atoms with Gasteiger partial charge in [0.1, 0.15) is 0 Å². The lowest BCUT2D eigenvalue weighted by atomic mass is 9.99. The molecule has 2 aromatic heterocycles. The molecule has 1 N–H and O–H groups in total. The lowest BCUT2D eigenvalue weighted by molar-refractivity contribution is -0.121. The van der Waals surface area contributed by atoms with Crippen molar-refractivity contribution < 1.29 is 9.32 Å². The van der Waals surface area contributed by atoms with Crippen LogP contribution in [0.5, 0.6) is 0 Å². The molecule has 21 heavy (non-hydrogen) atoms. The molecule has 0 atom stereocenters. The summed E-state index contributed by atoms with van der Waals surface area (Å²) in [5.74, 6) is 1.14. The first-order valence-electron chi connectivity index (χ1n) is 7.32. The molecule has 0 saturated carbocycles. The molecule has 114 valence electrons. The number of amides is 1. The van der Waals surface area contributed by atoms with E-state index in [1.807, 2.05) is 11.4 Å². The van der Waals surface area contributed by atoms with Gasteiger partial charge >= 0.3 is 0 Å². The molecule has 0 aliphatic rings.